The molecule has 1 amide bonds. The number of ether oxygens (including phenoxy) is 1. The number of likely N-dealkylation sites (N-methyl/N-ethyl adjacent to an activating group) is 1. The van der Waals surface area contributed by atoms with E-state index in [9.17, 15) is 19.0 Å². The summed E-state index contributed by atoms with van der Waals surface area (Å²) in [6, 6.07) is -0.840. The fourth-order valence-electron chi connectivity index (χ4n) is 9.47. The molecule has 0 saturated carbocycles. The summed E-state index contributed by atoms with van der Waals surface area (Å²) in [5.74, 6) is -0.491. The van der Waals surface area contributed by atoms with Crippen molar-refractivity contribution in [2.75, 3.05) is 40.9 Å². The summed E-state index contributed by atoms with van der Waals surface area (Å²) in [5.41, 5.74) is 0. The van der Waals surface area contributed by atoms with Crippen LogP contribution in [0.2, 0.25) is 0 Å². The average Bonchev–Trinajstić information content (AvgIpc) is 3.35. The zero-order valence-corrected chi connectivity index (χ0v) is 50.3. The largest absolute Gasteiger partial charge is 0.472 e. The Morgan fingerprint density at radius 2 is 0.795 bits per heavy atom. The quantitative estimate of drug-likeness (QED) is 0.0205. The minimum atomic E-state index is -4.44. The van der Waals surface area contributed by atoms with Gasteiger partial charge in [-0.05, 0) is 57.4 Å². The first-order valence-corrected chi connectivity index (χ1v) is 33.2. The topological polar surface area (TPSA) is 111 Å². The van der Waals surface area contributed by atoms with E-state index in [1.807, 2.05) is 33.3 Å². The van der Waals surface area contributed by atoms with Crippen LogP contribution >= 0.6 is 7.82 Å². The van der Waals surface area contributed by atoms with Crippen molar-refractivity contribution in [2.45, 2.75) is 328 Å². The summed E-state index contributed by atoms with van der Waals surface area (Å²) in [4.78, 5) is 37.6. The second kappa shape index (κ2) is 53.9. The van der Waals surface area contributed by atoms with Gasteiger partial charge in [-0.2, -0.15) is 0 Å². The molecule has 0 aliphatic heterocycles. The first-order valence-electron chi connectivity index (χ1n) is 31.7. The van der Waals surface area contributed by atoms with Gasteiger partial charge in [0.15, 0.2) is 0 Å². The molecule has 0 radical (unpaired) electrons. The van der Waals surface area contributed by atoms with E-state index in [-0.39, 0.29) is 25.1 Å². The van der Waals surface area contributed by atoms with Crippen molar-refractivity contribution in [2.24, 2.45) is 0 Å². The van der Waals surface area contributed by atoms with Crippen molar-refractivity contribution in [3.8, 4) is 0 Å². The number of carbonyl (C=O) groups is 2. The number of carbonyl (C=O) groups excluding carboxylic acids is 2. The molecule has 9 nitrogen and oxygen atoms in total. The smallest absolute Gasteiger partial charge is 0.456 e. The van der Waals surface area contributed by atoms with E-state index >= 15 is 0 Å². The second-order valence-electron chi connectivity index (χ2n) is 22.9. The summed E-state index contributed by atoms with van der Waals surface area (Å²) in [6.07, 6.45) is 63.3. The van der Waals surface area contributed by atoms with E-state index in [1.165, 1.54) is 225 Å². The number of esters is 1. The minimum absolute atomic E-state index is 0.0441. The van der Waals surface area contributed by atoms with Crippen molar-refractivity contribution in [3.63, 3.8) is 0 Å². The summed E-state index contributed by atoms with van der Waals surface area (Å²) in [5, 5.41) is 3.06. The van der Waals surface area contributed by atoms with E-state index < -0.39 is 20.0 Å². The molecule has 0 bridgehead atoms. The van der Waals surface area contributed by atoms with Gasteiger partial charge in [-0.15, -0.1) is 0 Å². The molecular formula is C63H124N2O7P+. The lowest BCUT2D eigenvalue weighted by atomic mass is 10.0. The number of amides is 1. The molecule has 3 atom stereocenters. The highest BCUT2D eigenvalue weighted by atomic mass is 31.2. The maximum absolute atomic E-state index is 13.5. The van der Waals surface area contributed by atoms with Crippen LogP contribution in [0.1, 0.15) is 316 Å². The number of quaternary nitrogens is 1. The molecule has 0 aliphatic carbocycles. The Balaban J connectivity index is 4.98. The second-order valence-corrected chi connectivity index (χ2v) is 24.4. The third kappa shape index (κ3) is 55.1. The molecule has 0 aliphatic rings. The predicted molar refractivity (Wildman–Crippen MR) is 314 cm³/mol. The van der Waals surface area contributed by atoms with Gasteiger partial charge in [-0.25, -0.2) is 4.57 Å². The Morgan fingerprint density at radius 1 is 0.466 bits per heavy atom. The van der Waals surface area contributed by atoms with E-state index in [0.29, 0.717) is 23.9 Å². The fourth-order valence-corrected chi connectivity index (χ4v) is 10.2. The number of nitrogens with zero attached hydrogens (tertiary/aromatic N) is 1. The van der Waals surface area contributed by atoms with Crippen LogP contribution < -0.4 is 5.32 Å². The number of allylic oxidation sites excluding steroid dienone is 3. The minimum Gasteiger partial charge on any atom is -0.456 e. The molecule has 0 fully saturated rings. The number of unbranched alkanes of at least 4 members (excludes halogenated alkanes) is 40. The van der Waals surface area contributed by atoms with Crippen LogP contribution in [0.3, 0.4) is 0 Å². The molecule has 0 aromatic heterocycles. The van der Waals surface area contributed by atoms with E-state index in [2.05, 4.69) is 38.2 Å². The summed E-state index contributed by atoms with van der Waals surface area (Å²) < 4.78 is 30.6. The first-order chi connectivity index (χ1) is 35.4. The molecular weight excluding hydrogens is 928 g/mol. The standard InChI is InChI=1S/C63H123N2O7P/c1-7-10-13-16-19-22-25-26-27-28-29-30-31-32-33-34-35-36-37-38-41-43-46-49-52-55-62(66)64-60(59-71-73(68,69)70-58-57-65(4,5)6)61(54-51-48-45-42-39-23-20-17-14-11-8-2)72-63(67)56-53-50-47-44-40-24-21-18-15-12-9-3/h26-27,51,54,60-61H,7-25,28-50,52-53,55-59H2,1-6H3,(H-,64,66,68,69)/p+1/b27-26+,54-51-. The first kappa shape index (κ1) is 71.5. The van der Waals surface area contributed by atoms with Crippen LogP contribution in [0.15, 0.2) is 24.3 Å². The van der Waals surface area contributed by atoms with Crippen molar-refractivity contribution in [1.29, 1.82) is 0 Å². The number of hydrogen-bond acceptors (Lipinski definition) is 6. The number of hydrogen-bond donors (Lipinski definition) is 2. The molecule has 3 unspecified atom stereocenters. The molecule has 0 rings (SSSR count). The lowest BCUT2D eigenvalue weighted by Gasteiger charge is -2.27. The number of nitrogens with one attached hydrogen (secondary N) is 1. The highest BCUT2D eigenvalue weighted by Gasteiger charge is 2.30. The van der Waals surface area contributed by atoms with Crippen molar-refractivity contribution >= 4 is 19.7 Å². The summed E-state index contributed by atoms with van der Waals surface area (Å²) >= 11 is 0. The van der Waals surface area contributed by atoms with Gasteiger partial charge < -0.3 is 19.4 Å². The van der Waals surface area contributed by atoms with Crippen LogP contribution in [0.5, 0.6) is 0 Å². The zero-order chi connectivity index (χ0) is 53.6. The van der Waals surface area contributed by atoms with Gasteiger partial charge in [-0.1, -0.05) is 270 Å². The Bertz CT molecular complexity index is 1300. The van der Waals surface area contributed by atoms with Crippen molar-refractivity contribution in [1.82, 2.24) is 5.32 Å². The van der Waals surface area contributed by atoms with E-state index in [0.717, 1.165) is 57.8 Å². The van der Waals surface area contributed by atoms with Gasteiger partial charge in [0.2, 0.25) is 5.91 Å². The molecule has 0 spiro atoms. The lowest BCUT2D eigenvalue weighted by Crippen LogP contribution is -2.47. The Kier molecular flexibility index (Phi) is 52.8. The highest BCUT2D eigenvalue weighted by molar-refractivity contribution is 7.47. The Morgan fingerprint density at radius 3 is 1.16 bits per heavy atom. The third-order valence-electron chi connectivity index (χ3n) is 14.4. The highest BCUT2D eigenvalue weighted by Crippen LogP contribution is 2.43. The number of rotatable bonds is 58. The van der Waals surface area contributed by atoms with Gasteiger partial charge >= 0.3 is 13.8 Å². The van der Waals surface area contributed by atoms with Crippen molar-refractivity contribution in [3.05, 3.63) is 24.3 Å². The van der Waals surface area contributed by atoms with Crippen LogP contribution in [0, 0.1) is 0 Å². The van der Waals surface area contributed by atoms with Crippen LogP contribution in [-0.2, 0) is 27.9 Å². The molecule has 0 saturated heterocycles. The van der Waals surface area contributed by atoms with Crippen LogP contribution in [0.25, 0.3) is 0 Å². The predicted octanol–water partition coefficient (Wildman–Crippen LogP) is 19.3. The Labute approximate surface area is 454 Å². The van der Waals surface area contributed by atoms with Gasteiger partial charge in [-0.3, -0.25) is 18.6 Å². The van der Waals surface area contributed by atoms with Crippen LogP contribution in [0.4, 0.5) is 0 Å². The Hall–Kier alpha value is -1.51. The van der Waals surface area contributed by atoms with Gasteiger partial charge in [0.05, 0.1) is 33.8 Å². The van der Waals surface area contributed by atoms with E-state index in [1.54, 1.807) is 0 Å². The molecule has 2 N–H and O–H groups in total. The number of phosphoric ester groups is 1. The molecule has 73 heavy (non-hydrogen) atoms. The molecule has 10 heteroatoms. The molecule has 432 valence electrons. The lowest BCUT2D eigenvalue weighted by molar-refractivity contribution is -0.870. The van der Waals surface area contributed by atoms with Gasteiger partial charge in [0, 0.05) is 12.8 Å². The molecule has 0 heterocycles. The SMILES string of the molecule is CCCCCCCC/C=C/CCCCCCCCCCCCCCCCCC(=O)NC(COP(=O)(O)OCC[N+](C)(C)C)C(/C=C\CCCCCCCCCCC)OC(=O)CCCCCCCCCCCCC. The molecule has 0 aromatic carbocycles. The average molecular weight is 1050 g/mol. The third-order valence-corrected chi connectivity index (χ3v) is 15.4. The van der Waals surface area contributed by atoms with E-state index in [4.69, 9.17) is 13.8 Å². The number of phosphoric acid groups is 1. The fraction of sp³-hybridized carbons (Fsp3) is 0.905. The van der Waals surface area contributed by atoms with Crippen LogP contribution in [-0.4, -0.2) is 74.3 Å². The molecule has 0 aromatic rings. The van der Waals surface area contributed by atoms with Crippen molar-refractivity contribution < 1.29 is 37.3 Å². The van der Waals surface area contributed by atoms with Gasteiger partial charge in [0.1, 0.15) is 19.3 Å². The van der Waals surface area contributed by atoms with Gasteiger partial charge in [0.25, 0.3) is 0 Å². The monoisotopic (exact) mass is 1050 g/mol. The zero-order valence-electron chi connectivity index (χ0n) is 49.4. The maximum Gasteiger partial charge on any atom is 0.472 e. The maximum atomic E-state index is 13.5. The normalized spacial score (nSPS) is 13.8. The summed E-state index contributed by atoms with van der Waals surface area (Å²) in [6.45, 7) is 7.03. The summed E-state index contributed by atoms with van der Waals surface area (Å²) in [7, 11) is 1.51.